The van der Waals surface area contributed by atoms with Crippen LogP contribution in [0.1, 0.15) is 23.2 Å². The van der Waals surface area contributed by atoms with Crippen LogP contribution in [0.15, 0.2) is 41.5 Å². The van der Waals surface area contributed by atoms with Gasteiger partial charge < -0.3 is 28.4 Å². The average molecular weight is 499 g/mol. The molecule has 0 saturated heterocycles. The van der Waals surface area contributed by atoms with Crippen molar-refractivity contribution in [1.82, 2.24) is 14.5 Å². The Bertz CT molecular complexity index is 1240. The van der Waals surface area contributed by atoms with Crippen molar-refractivity contribution in [3.05, 3.63) is 63.8 Å². The summed E-state index contributed by atoms with van der Waals surface area (Å²) in [7, 11) is 6.23. The van der Waals surface area contributed by atoms with Gasteiger partial charge >= 0.3 is 0 Å². The van der Waals surface area contributed by atoms with E-state index in [1.807, 2.05) is 32.2 Å². The van der Waals surface area contributed by atoms with Crippen molar-refractivity contribution >= 4 is 22.6 Å². The molecule has 1 amide bonds. The van der Waals surface area contributed by atoms with Crippen molar-refractivity contribution in [2.75, 3.05) is 39.9 Å². The van der Waals surface area contributed by atoms with E-state index >= 15 is 0 Å². The zero-order valence-electron chi connectivity index (χ0n) is 21.7. The van der Waals surface area contributed by atoms with E-state index in [9.17, 15) is 9.59 Å². The highest BCUT2D eigenvalue weighted by molar-refractivity contribution is 5.96. The molecule has 0 unspecified atom stereocenters. The first-order chi connectivity index (χ1) is 17.3. The number of ether oxygens (including phenoxy) is 4. The lowest BCUT2D eigenvalue weighted by atomic mass is 10.1. The number of amides is 1. The molecule has 0 saturated carbocycles. The lowest BCUT2D eigenvalue weighted by Crippen LogP contribution is -2.42. The van der Waals surface area contributed by atoms with Crippen molar-refractivity contribution in [3.8, 4) is 0 Å². The molecule has 1 aliphatic rings. The molecule has 4 heterocycles. The predicted molar refractivity (Wildman–Crippen MR) is 136 cm³/mol. The van der Waals surface area contributed by atoms with Crippen molar-refractivity contribution in [3.63, 3.8) is 0 Å². The summed E-state index contributed by atoms with van der Waals surface area (Å²) < 4.78 is 22.2. The van der Waals surface area contributed by atoms with E-state index < -0.39 is 12.6 Å². The van der Waals surface area contributed by atoms with Crippen molar-refractivity contribution in [2.24, 2.45) is 0 Å². The van der Waals surface area contributed by atoms with Gasteiger partial charge in [-0.25, -0.2) is 0 Å². The van der Waals surface area contributed by atoms with Crippen LogP contribution in [-0.2, 0) is 36.7 Å². The summed E-state index contributed by atoms with van der Waals surface area (Å²) in [5, 5.41) is 0. The molecule has 0 atom stereocenters. The molecular formula is C26H34N4O6. The zero-order valence-corrected chi connectivity index (χ0v) is 21.7. The average Bonchev–Trinajstić information content (AvgIpc) is 2.88. The highest BCUT2D eigenvalue weighted by Crippen LogP contribution is 2.27. The van der Waals surface area contributed by atoms with Gasteiger partial charge in [0.2, 0.25) is 5.91 Å². The van der Waals surface area contributed by atoms with Crippen molar-refractivity contribution < 1.29 is 23.7 Å². The largest absolute Gasteiger partial charge is 0.354 e. The molecule has 194 valence electrons. The Balaban J connectivity index is 0.000000201. The van der Waals surface area contributed by atoms with Crippen LogP contribution in [0.3, 0.4) is 0 Å². The van der Waals surface area contributed by atoms with Crippen LogP contribution in [0.25, 0.3) is 11.0 Å². The number of anilines is 1. The van der Waals surface area contributed by atoms with Crippen molar-refractivity contribution in [1.29, 1.82) is 0 Å². The Kier molecular flexibility index (Phi) is 9.65. The lowest BCUT2D eigenvalue weighted by Gasteiger charge is -2.31. The Hall–Kier alpha value is -3.18. The number of rotatable bonds is 8. The van der Waals surface area contributed by atoms with Crippen LogP contribution in [-0.4, -0.2) is 68.0 Å². The molecule has 0 aromatic carbocycles. The van der Waals surface area contributed by atoms with E-state index in [4.69, 9.17) is 18.9 Å². The summed E-state index contributed by atoms with van der Waals surface area (Å²) in [5.74, 6) is 0.0917. The van der Waals surface area contributed by atoms with Gasteiger partial charge in [-0.1, -0.05) is 0 Å². The molecule has 0 N–H and O–H groups in total. The van der Waals surface area contributed by atoms with Gasteiger partial charge in [0.1, 0.15) is 0 Å². The molecule has 1 aliphatic heterocycles. The fourth-order valence-corrected chi connectivity index (χ4v) is 3.95. The van der Waals surface area contributed by atoms with E-state index in [1.165, 1.54) is 6.07 Å². The Morgan fingerprint density at radius 2 is 1.44 bits per heavy atom. The number of nitrogens with zero attached hydrogens (tertiary/aromatic N) is 4. The standard InChI is InChI=1S/C13H18N2O3.C13H16N2O3/c2*1-9-6-11-10(14-7-9)4-5-12(16)15(11)8-13(17-2)18-3/h6-7,13H,4-5,8H2,1-3H3;4-7,13H,8H2,1-3H3. The van der Waals surface area contributed by atoms with E-state index in [2.05, 4.69) is 9.97 Å². The topological polar surface area (TPSA) is 105 Å². The molecule has 36 heavy (non-hydrogen) atoms. The quantitative estimate of drug-likeness (QED) is 0.437. The maximum atomic E-state index is 12.0. The van der Waals surface area contributed by atoms with E-state index in [0.29, 0.717) is 25.9 Å². The van der Waals surface area contributed by atoms with Gasteiger partial charge in [-0.3, -0.25) is 19.6 Å². The summed E-state index contributed by atoms with van der Waals surface area (Å²) in [6, 6.07) is 7.16. The lowest BCUT2D eigenvalue weighted by molar-refractivity contribution is -0.123. The number of hydrogen-bond acceptors (Lipinski definition) is 8. The van der Waals surface area contributed by atoms with Crippen LogP contribution >= 0.6 is 0 Å². The Morgan fingerprint density at radius 1 is 0.833 bits per heavy atom. The minimum absolute atomic E-state index is 0.0889. The van der Waals surface area contributed by atoms with Gasteiger partial charge in [0, 0.05) is 59.7 Å². The number of carbonyl (C=O) groups excluding carboxylic acids is 1. The smallest absolute Gasteiger partial charge is 0.251 e. The number of aryl methyl sites for hydroxylation is 3. The number of hydrogen-bond donors (Lipinski definition) is 0. The fraction of sp³-hybridized carbons (Fsp3) is 0.462. The predicted octanol–water partition coefficient (Wildman–Crippen LogP) is 2.61. The van der Waals surface area contributed by atoms with Crippen LogP contribution in [0.2, 0.25) is 0 Å². The number of fused-ring (bicyclic) bond motifs is 2. The Morgan fingerprint density at radius 3 is 2.11 bits per heavy atom. The van der Waals surface area contributed by atoms with Gasteiger partial charge in [-0.2, -0.15) is 0 Å². The SMILES string of the molecule is COC(CN1C(=O)CCc2ncc(C)cc21)OC.COC(Cn1c(=O)ccc2ncc(C)cc21)OC. The third-order valence-electron chi connectivity index (χ3n) is 5.94. The molecular weight excluding hydrogens is 464 g/mol. The second-order valence-electron chi connectivity index (χ2n) is 8.48. The summed E-state index contributed by atoms with van der Waals surface area (Å²) in [4.78, 5) is 34.4. The second-order valence-corrected chi connectivity index (χ2v) is 8.48. The third kappa shape index (κ3) is 6.52. The minimum Gasteiger partial charge on any atom is -0.354 e. The highest BCUT2D eigenvalue weighted by atomic mass is 16.7. The molecule has 0 bridgehead atoms. The molecule has 0 fully saturated rings. The fourth-order valence-electron chi connectivity index (χ4n) is 3.95. The first-order valence-corrected chi connectivity index (χ1v) is 11.6. The van der Waals surface area contributed by atoms with E-state index in [1.54, 1.807) is 50.2 Å². The minimum atomic E-state index is -0.450. The van der Waals surface area contributed by atoms with Crippen molar-refractivity contribution in [2.45, 2.75) is 45.8 Å². The summed E-state index contributed by atoms with van der Waals surface area (Å²) in [6.07, 6.45) is 3.94. The molecule has 0 radical (unpaired) electrons. The van der Waals surface area contributed by atoms with Crippen LogP contribution in [0.4, 0.5) is 5.69 Å². The maximum Gasteiger partial charge on any atom is 0.251 e. The molecule has 3 aromatic heterocycles. The summed E-state index contributed by atoms with van der Waals surface area (Å²) >= 11 is 0. The Labute approximate surface area is 210 Å². The number of methoxy groups -OCH3 is 4. The molecule has 3 aromatic rings. The normalized spacial score (nSPS) is 13.2. The molecule has 0 aliphatic carbocycles. The van der Waals surface area contributed by atoms with Gasteiger partial charge in [-0.15, -0.1) is 0 Å². The first-order valence-electron chi connectivity index (χ1n) is 11.6. The van der Waals surface area contributed by atoms with Crippen LogP contribution < -0.4 is 10.5 Å². The molecule has 10 nitrogen and oxygen atoms in total. The molecule has 10 heteroatoms. The van der Waals surface area contributed by atoms with E-state index in [-0.39, 0.29) is 11.5 Å². The number of aromatic nitrogens is 3. The van der Waals surface area contributed by atoms with Gasteiger partial charge in [-0.05, 0) is 43.2 Å². The summed E-state index contributed by atoms with van der Waals surface area (Å²) in [6.45, 7) is 4.64. The molecule has 0 spiro atoms. The first kappa shape index (κ1) is 27.4. The van der Waals surface area contributed by atoms with Crippen LogP contribution in [0.5, 0.6) is 0 Å². The second kappa shape index (κ2) is 12.7. The maximum absolute atomic E-state index is 12.0. The van der Waals surface area contributed by atoms with Crippen LogP contribution in [0, 0.1) is 13.8 Å². The molecule has 4 rings (SSSR count). The highest BCUT2D eigenvalue weighted by Gasteiger charge is 2.27. The monoisotopic (exact) mass is 498 g/mol. The van der Waals surface area contributed by atoms with Gasteiger partial charge in [0.25, 0.3) is 5.56 Å². The van der Waals surface area contributed by atoms with E-state index in [0.717, 1.165) is 33.5 Å². The zero-order chi connectivity index (χ0) is 26.2. The van der Waals surface area contributed by atoms with Gasteiger partial charge in [0.15, 0.2) is 12.6 Å². The summed E-state index contributed by atoms with van der Waals surface area (Å²) in [5.41, 5.74) is 5.38. The number of pyridine rings is 3. The third-order valence-corrected chi connectivity index (χ3v) is 5.94. The number of carbonyl (C=O) groups is 1. The van der Waals surface area contributed by atoms with Gasteiger partial charge in [0.05, 0.1) is 35.5 Å².